The van der Waals surface area contributed by atoms with Crippen LogP contribution in [0, 0.1) is 72.0 Å². The van der Waals surface area contributed by atoms with Gasteiger partial charge < -0.3 is 0 Å². The zero-order valence-electron chi connectivity index (χ0n) is 21.0. The average molecular weight is 566 g/mol. The minimum Gasteiger partial charge on any atom is -0.204 e. The second-order valence-electron chi connectivity index (χ2n) is 9.19. The van der Waals surface area contributed by atoms with E-state index in [0.717, 1.165) is 18.1 Å². The summed E-state index contributed by atoms with van der Waals surface area (Å²) in [5.41, 5.74) is -1.96. The van der Waals surface area contributed by atoms with Crippen molar-refractivity contribution in [2.75, 3.05) is 0 Å². The Morgan fingerprint density at radius 2 is 0.675 bits per heavy atom. The molecule has 0 spiro atoms. The standard InChI is InChI=1S/C29H17BF10/c1-12-4-8-15(9-5-12)17(16-10-6-13(2)7-11-16)14(3)30(18-20(31)24(35)28(39)25(36)21(18)32)19-22(33)26(37)29(40)27(38)23(19)34/h4-11H,1-3H3. The van der Waals surface area contributed by atoms with Crippen LogP contribution in [-0.4, -0.2) is 6.71 Å². The van der Waals surface area contributed by atoms with E-state index in [1.54, 1.807) is 38.1 Å². The van der Waals surface area contributed by atoms with E-state index < -0.39 is 81.3 Å². The molecule has 0 aliphatic heterocycles. The fourth-order valence-electron chi connectivity index (χ4n) is 4.53. The monoisotopic (exact) mass is 566 g/mol. The lowest BCUT2D eigenvalue weighted by molar-refractivity contribution is 0.382. The number of hydrogen-bond donors (Lipinski definition) is 0. The summed E-state index contributed by atoms with van der Waals surface area (Å²) in [5, 5.41) is 0. The number of benzene rings is 4. The van der Waals surface area contributed by atoms with Crippen molar-refractivity contribution >= 4 is 23.2 Å². The van der Waals surface area contributed by atoms with Crippen LogP contribution in [0.25, 0.3) is 5.57 Å². The van der Waals surface area contributed by atoms with E-state index in [-0.39, 0.29) is 16.7 Å². The summed E-state index contributed by atoms with van der Waals surface area (Å²) >= 11 is 0. The molecule has 0 aromatic heterocycles. The van der Waals surface area contributed by atoms with Crippen molar-refractivity contribution in [2.45, 2.75) is 20.8 Å². The van der Waals surface area contributed by atoms with Crippen LogP contribution in [0.15, 0.2) is 54.0 Å². The van der Waals surface area contributed by atoms with E-state index in [2.05, 4.69) is 0 Å². The lowest BCUT2D eigenvalue weighted by Gasteiger charge is -2.23. The normalized spacial score (nSPS) is 11.1. The summed E-state index contributed by atoms with van der Waals surface area (Å²) < 4.78 is 146. The maximum atomic E-state index is 15.2. The van der Waals surface area contributed by atoms with Gasteiger partial charge in [0.15, 0.2) is 58.2 Å². The fourth-order valence-corrected chi connectivity index (χ4v) is 4.53. The van der Waals surface area contributed by atoms with Gasteiger partial charge in [0.25, 0.3) is 6.71 Å². The van der Waals surface area contributed by atoms with Crippen LogP contribution in [0.4, 0.5) is 43.9 Å². The smallest absolute Gasteiger partial charge is 0.204 e. The maximum absolute atomic E-state index is 15.2. The maximum Gasteiger partial charge on any atom is 0.253 e. The predicted molar refractivity (Wildman–Crippen MR) is 132 cm³/mol. The molecule has 0 nitrogen and oxygen atoms in total. The molecule has 4 rings (SSSR count). The molecule has 4 aromatic carbocycles. The van der Waals surface area contributed by atoms with E-state index >= 15 is 17.6 Å². The van der Waals surface area contributed by atoms with Gasteiger partial charge in [-0.05, 0) is 30.5 Å². The Morgan fingerprint density at radius 1 is 0.425 bits per heavy atom. The minimum atomic E-state index is -2.65. The van der Waals surface area contributed by atoms with Crippen molar-refractivity contribution in [3.63, 3.8) is 0 Å². The van der Waals surface area contributed by atoms with Gasteiger partial charge in [-0.1, -0.05) is 72.1 Å². The summed E-state index contributed by atoms with van der Waals surface area (Å²) in [6.07, 6.45) is 0. The van der Waals surface area contributed by atoms with Crippen LogP contribution in [0.3, 0.4) is 0 Å². The number of aryl methyl sites for hydroxylation is 2. The van der Waals surface area contributed by atoms with E-state index in [1.165, 1.54) is 24.3 Å². The summed E-state index contributed by atoms with van der Waals surface area (Å²) in [6.45, 7) is 1.87. The highest BCUT2D eigenvalue weighted by Gasteiger charge is 2.41. The molecule has 0 radical (unpaired) electrons. The molecule has 206 valence electrons. The van der Waals surface area contributed by atoms with Gasteiger partial charge in [0.1, 0.15) is 0 Å². The Bertz CT molecular complexity index is 1480. The number of halogens is 10. The molecule has 0 atom stereocenters. The van der Waals surface area contributed by atoms with Crippen molar-refractivity contribution in [3.8, 4) is 0 Å². The second-order valence-corrected chi connectivity index (χ2v) is 9.19. The molecule has 40 heavy (non-hydrogen) atoms. The zero-order valence-corrected chi connectivity index (χ0v) is 21.0. The predicted octanol–water partition coefficient (Wildman–Crippen LogP) is 7.36. The van der Waals surface area contributed by atoms with Gasteiger partial charge in [-0.25, -0.2) is 43.9 Å². The highest BCUT2D eigenvalue weighted by Crippen LogP contribution is 2.31. The van der Waals surface area contributed by atoms with Crippen molar-refractivity contribution in [1.82, 2.24) is 0 Å². The third-order valence-electron chi connectivity index (χ3n) is 6.57. The number of hydrogen-bond acceptors (Lipinski definition) is 0. The fraction of sp³-hybridized carbons (Fsp3) is 0.103. The first-order valence-electron chi connectivity index (χ1n) is 11.6. The molecule has 0 N–H and O–H groups in total. The van der Waals surface area contributed by atoms with E-state index in [9.17, 15) is 26.3 Å². The lowest BCUT2D eigenvalue weighted by atomic mass is 9.35. The minimum absolute atomic E-state index is 0.00196. The van der Waals surface area contributed by atoms with Gasteiger partial charge >= 0.3 is 0 Å². The molecule has 0 amide bonds. The van der Waals surface area contributed by atoms with Crippen LogP contribution >= 0.6 is 0 Å². The molecule has 0 unspecified atom stereocenters. The van der Waals surface area contributed by atoms with Gasteiger partial charge in [-0.15, -0.1) is 0 Å². The molecule has 0 heterocycles. The first-order chi connectivity index (χ1) is 18.8. The lowest BCUT2D eigenvalue weighted by Crippen LogP contribution is -2.52. The van der Waals surface area contributed by atoms with Crippen molar-refractivity contribution in [1.29, 1.82) is 0 Å². The zero-order chi connectivity index (χ0) is 29.6. The van der Waals surface area contributed by atoms with Gasteiger partial charge in [-0.2, -0.15) is 0 Å². The highest BCUT2D eigenvalue weighted by molar-refractivity contribution is 6.91. The van der Waals surface area contributed by atoms with Crippen LogP contribution in [0.1, 0.15) is 29.2 Å². The number of rotatable bonds is 5. The highest BCUT2D eigenvalue weighted by atomic mass is 19.2. The SMILES string of the molecule is CC(B(c1c(F)c(F)c(F)c(F)c1F)c1c(F)c(F)c(F)c(F)c1F)=C(c1ccc(C)cc1)c1ccc(C)cc1. The average Bonchev–Trinajstić information content (AvgIpc) is 2.94. The Hall–Kier alpha value is -4.02. The molecule has 0 saturated carbocycles. The molecular formula is C29H17BF10. The summed E-state index contributed by atoms with van der Waals surface area (Å²) in [5.74, 6) is -24.9. The van der Waals surface area contributed by atoms with Gasteiger partial charge in [-0.3, -0.25) is 0 Å². The largest absolute Gasteiger partial charge is 0.253 e. The third-order valence-corrected chi connectivity index (χ3v) is 6.57. The molecule has 0 aliphatic rings. The van der Waals surface area contributed by atoms with E-state index in [4.69, 9.17) is 0 Å². The molecule has 0 fully saturated rings. The Kier molecular flexibility index (Phi) is 7.87. The summed E-state index contributed by atoms with van der Waals surface area (Å²) in [4.78, 5) is 0. The van der Waals surface area contributed by atoms with Crippen LogP contribution < -0.4 is 10.9 Å². The van der Waals surface area contributed by atoms with Crippen molar-refractivity contribution in [3.05, 3.63) is 134 Å². The van der Waals surface area contributed by atoms with Gasteiger partial charge in [0.2, 0.25) is 0 Å². The summed E-state index contributed by atoms with van der Waals surface area (Å²) in [7, 11) is 0. The molecule has 0 aliphatic carbocycles. The van der Waals surface area contributed by atoms with E-state index in [0.29, 0.717) is 0 Å². The van der Waals surface area contributed by atoms with Crippen molar-refractivity contribution < 1.29 is 43.9 Å². The first-order valence-corrected chi connectivity index (χ1v) is 11.6. The molecule has 4 aromatic rings. The topological polar surface area (TPSA) is 0 Å². The summed E-state index contributed by atoms with van der Waals surface area (Å²) in [6, 6.07) is 12.5. The molecule has 0 saturated heterocycles. The van der Waals surface area contributed by atoms with Gasteiger partial charge in [0.05, 0.1) is 0 Å². The Labute approximate surface area is 222 Å². The molecule has 0 bridgehead atoms. The second kappa shape index (κ2) is 10.9. The quantitative estimate of drug-likeness (QED) is 0.103. The van der Waals surface area contributed by atoms with Crippen LogP contribution in [-0.2, 0) is 0 Å². The molecular weight excluding hydrogens is 549 g/mol. The van der Waals surface area contributed by atoms with Crippen LogP contribution in [0.2, 0.25) is 0 Å². The van der Waals surface area contributed by atoms with Crippen molar-refractivity contribution in [2.24, 2.45) is 0 Å². The number of allylic oxidation sites excluding steroid dienone is 1. The molecule has 11 heteroatoms. The van der Waals surface area contributed by atoms with E-state index in [1.807, 2.05) is 0 Å². The third kappa shape index (κ3) is 4.78. The van der Waals surface area contributed by atoms with Gasteiger partial charge in [0, 0.05) is 10.9 Å². The Balaban J connectivity index is 2.25. The Morgan fingerprint density at radius 3 is 0.950 bits per heavy atom. The van der Waals surface area contributed by atoms with Crippen LogP contribution in [0.5, 0.6) is 0 Å². The first kappa shape index (κ1) is 29.0.